The Bertz CT molecular complexity index is 504. The maximum atomic E-state index is 11.9. The van der Waals surface area contributed by atoms with Crippen molar-refractivity contribution in [3.8, 4) is 11.8 Å². The highest BCUT2D eigenvalue weighted by Crippen LogP contribution is 2.22. The van der Waals surface area contributed by atoms with E-state index in [1.165, 1.54) is 0 Å². The van der Waals surface area contributed by atoms with Crippen LogP contribution in [0.5, 0.6) is 5.75 Å². The zero-order chi connectivity index (χ0) is 13.7. The highest BCUT2D eigenvalue weighted by Gasteiger charge is 2.21. The summed E-state index contributed by atoms with van der Waals surface area (Å²) in [5.41, 5.74) is 0.393. The second-order valence-electron chi connectivity index (χ2n) is 4.40. The number of carbonyl (C=O) groups excluding carboxylic acids is 1. The molecule has 1 fully saturated rings. The summed E-state index contributed by atoms with van der Waals surface area (Å²) in [7, 11) is 0. The fourth-order valence-electron chi connectivity index (χ4n) is 1.97. The van der Waals surface area contributed by atoms with Crippen LogP contribution in [-0.2, 0) is 9.53 Å². The Kier molecular flexibility index (Phi) is 4.78. The molecular formula is C14H14ClNO3. The molecule has 0 saturated carbocycles. The highest BCUT2D eigenvalue weighted by molar-refractivity contribution is 6.31. The van der Waals surface area contributed by atoms with Gasteiger partial charge in [0.1, 0.15) is 18.4 Å². The number of nitrogens with zero attached hydrogens (tertiary/aromatic N) is 1. The van der Waals surface area contributed by atoms with Crippen LogP contribution in [0.1, 0.15) is 18.4 Å². The minimum atomic E-state index is 0.0302. The van der Waals surface area contributed by atoms with Gasteiger partial charge < -0.3 is 9.47 Å². The van der Waals surface area contributed by atoms with Gasteiger partial charge in [-0.1, -0.05) is 11.6 Å². The van der Waals surface area contributed by atoms with E-state index in [-0.39, 0.29) is 18.3 Å². The lowest BCUT2D eigenvalue weighted by atomic mass is 9.96. The lowest BCUT2D eigenvalue weighted by molar-refractivity contribution is -0.127. The van der Waals surface area contributed by atoms with Crippen molar-refractivity contribution in [1.82, 2.24) is 0 Å². The number of benzene rings is 1. The van der Waals surface area contributed by atoms with Gasteiger partial charge in [0.15, 0.2) is 5.78 Å². The predicted molar refractivity (Wildman–Crippen MR) is 70.2 cm³/mol. The first-order valence-electron chi connectivity index (χ1n) is 6.13. The largest absolute Gasteiger partial charge is 0.486 e. The Balaban J connectivity index is 1.89. The molecule has 0 unspecified atom stereocenters. The second kappa shape index (κ2) is 6.55. The number of nitriles is 1. The summed E-state index contributed by atoms with van der Waals surface area (Å²) in [6.07, 6.45) is 1.52. The molecule has 0 amide bonds. The number of hydrogen-bond acceptors (Lipinski definition) is 4. The monoisotopic (exact) mass is 279 g/mol. The number of ether oxygens (including phenoxy) is 2. The van der Waals surface area contributed by atoms with Crippen LogP contribution in [0.15, 0.2) is 18.2 Å². The number of ketones is 1. The van der Waals surface area contributed by atoms with Crippen molar-refractivity contribution in [2.45, 2.75) is 12.8 Å². The van der Waals surface area contributed by atoms with Crippen LogP contribution < -0.4 is 4.74 Å². The maximum Gasteiger partial charge on any atom is 0.173 e. The topological polar surface area (TPSA) is 59.3 Å². The molecule has 2 rings (SSSR count). The van der Waals surface area contributed by atoms with Gasteiger partial charge in [-0.25, -0.2) is 0 Å². The fraction of sp³-hybridized carbons (Fsp3) is 0.429. The van der Waals surface area contributed by atoms with Crippen molar-refractivity contribution >= 4 is 17.4 Å². The van der Waals surface area contributed by atoms with E-state index in [2.05, 4.69) is 0 Å². The fourth-order valence-corrected chi connectivity index (χ4v) is 2.18. The molecule has 1 aliphatic heterocycles. The lowest BCUT2D eigenvalue weighted by Crippen LogP contribution is -2.27. The normalized spacial score (nSPS) is 15.8. The minimum absolute atomic E-state index is 0.0302. The van der Waals surface area contributed by atoms with Gasteiger partial charge in [-0.2, -0.15) is 5.26 Å². The van der Waals surface area contributed by atoms with Crippen LogP contribution >= 0.6 is 11.6 Å². The Morgan fingerprint density at radius 2 is 2.21 bits per heavy atom. The summed E-state index contributed by atoms with van der Waals surface area (Å²) < 4.78 is 10.6. The van der Waals surface area contributed by atoms with Crippen LogP contribution in [0.25, 0.3) is 0 Å². The third-order valence-corrected chi connectivity index (χ3v) is 3.43. The van der Waals surface area contributed by atoms with E-state index < -0.39 is 0 Å². The molecule has 0 spiro atoms. The number of carbonyl (C=O) groups is 1. The van der Waals surface area contributed by atoms with Gasteiger partial charge in [-0.05, 0) is 25.0 Å². The molecule has 19 heavy (non-hydrogen) atoms. The van der Waals surface area contributed by atoms with Crippen LogP contribution in [0.3, 0.4) is 0 Å². The van der Waals surface area contributed by atoms with Gasteiger partial charge in [-0.15, -0.1) is 0 Å². The highest BCUT2D eigenvalue weighted by atomic mass is 35.5. The Morgan fingerprint density at radius 1 is 1.47 bits per heavy atom. The van der Waals surface area contributed by atoms with Crippen molar-refractivity contribution < 1.29 is 14.3 Å². The molecule has 0 aromatic heterocycles. The summed E-state index contributed by atoms with van der Waals surface area (Å²) in [6.45, 7) is 1.31. The van der Waals surface area contributed by atoms with Crippen LogP contribution in [0.4, 0.5) is 0 Å². The number of Topliss-reactive ketones (excluding diaryl/α,β-unsaturated/α-hetero) is 1. The van der Waals surface area contributed by atoms with Gasteiger partial charge in [0.05, 0.1) is 10.6 Å². The van der Waals surface area contributed by atoms with E-state index in [9.17, 15) is 4.79 Å². The minimum Gasteiger partial charge on any atom is -0.486 e. The van der Waals surface area contributed by atoms with Crippen molar-refractivity contribution in [3.63, 3.8) is 0 Å². The van der Waals surface area contributed by atoms with Crippen LogP contribution in [-0.4, -0.2) is 25.6 Å². The van der Waals surface area contributed by atoms with Gasteiger partial charge in [-0.3, -0.25) is 4.79 Å². The van der Waals surface area contributed by atoms with Gasteiger partial charge in [0.25, 0.3) is 0 Å². The van der Waals surface area contributed by atoms with E-state index >= 15 is 0 Å². The molecule has 1 aromatic carbocycles. The molecule has 1 heterocycles. The molecule has 1 saturated heterocycles. The molecule has 5 heteroatoms. The molecule has 0 radical (unpaired) electrons. The third-order valence-electron chi connectivity index (χ3n) is 3.12. The van der Waals surface area contributed by atoms with Crippen molar-refractivity contribution in [3.05, 3.63) is 28.8 Å². The molecule has 1 aliphatic rings. The lowest BCUT2D eigenvalue weighted by Gasteiger charge is -2.20. The molecule has 4 nitrogen and oxygen atoms in total. The summed E-state index contributed by atoms with van der Waals surface area (Å²) in [5.74, 6) is 0.621. The van der Waals surface area contributed by atoms with Gasteiger partial charge in [0, 0.05) is 25.2 Å². The molecule has 0 bridgehead atoms. The first-order chi connectivity index (χ1) is 9.20. The van der Waals surface area contributed by atoms with Gasteiger partial charge in [0.2, 0.25) is 0 Å². The second-order valence-corrected chi connectivity index (χ2v) is 4.80. The molecule has 1 aromatic rings. The molecule has 0 atom stereocenters. The van der Waals surface area contributed by atoms with E-state index in [1.807, 2.05) is 6.07 Å². The maximum absolute atomic E-state index is 11.9. The first kappa shape index (κ1) is 13.9. The Labute approximate surface area is 116 Å². The van der Waals surface area contributed by atoms with E-state index in [0.29, 0.717) is 29.5 Å². The first-order valence-corrected chi connectivity index (χ1v) is 6.51. The summed E-state index contributed by atoms with van der Waals surface area (Å²) in [4.78, 5) is 11.9. The number of hydrogen-bond donors (Lipinski definition) is 0. The molecular weight excluding hydrogens is 266 g/mol. The van der Waals surface area contributed by atoms with Crippen molar-refractivity contribution in [1.29, 1.82) is 5.26 Å². The predicted octanol–water partition coefficient (Wildman–Crippen LogP) is 2.59. The molecule has 0 N–H and O–H groups in total. The molecule has 0 aliphatic carbocycles. The average molecular weight is 280 g/mol. The number of halogens is 1. The van der Waals surface area contributed by atoms with Gasteiger partial charge >= 0.3 is 0 Å². The Hall–Kier alpha value is -1.57. The zero-order valence-corrected chi connectivity index (χ0v) is 11.2. The third kappa shape index (κ3) is 3.69. The summed E-state index contributed by atoms with van der Waals surface area (Å²) in [5, 5.41) is 9.09. The summed E-state index contributed by atoms with van der Waals surface area (Å²) >= 11 is 5.89. The van der Waals surface area contributed by atoms with Crippen LogP contribution in [0.2, 0.25) is 5.02 Å². The SMILES string of the molecule is N#Cc1ccc(OCC(=O)C2CCOCC2)cc1Cl. The quantitative estimate of drug-likeness (QED) is 0.850. The number of rotatable bonds is 4. The zero-order valence-electron chi connectivity index (χ0n) is 10.4. The van der Waals surface area contributed by atoms with Crippen molar-refractivity contribution in [2.24, 2.45) is 5.92 Å². The molecule has 100 valence electrons. The summed E-state index contributed by atoms with van der Waals surface area (Å²) in [6, 6.07) is 6.74. The average Bonchev–Trinajstić information content (AvgIpc) is 2.46. The smallest absolute Gasteiger partial charge is 0.173 e. The van der Waals surface area contributed by atoms with E-state index in [4.69, 9.17) is 26.3 Å². The van der Waals surface area contributed by atoms with E-state index in [0.717, 1.165) is 12.8 Å². The van der Waals surface area contributed by atoms with E-state index in [1.54, 1.807) is 18.2 Å². The van der Waals surface area contributed by atoms with Crippen molar-refractivity contribution in [2.75, 3.05) is 19.8 Å². The van der Waals surface area contributed by atoms with Crippen LogP contribution in [0, 0.1) is 17.2 Å². The standard InChI is InChI=1S/C14H14ClNO3/c15-13-7-12(2-1-11(13)8-16)19-9-14(17)10-3-5-18-6-4-10/h1-2,7,10H,3-6,9H2. The Morgan fingerprint density at radius 3 is 2.84 bits per heavy atom.